The summed E-state index contributed by atoms with van der Waals surface area (Å²) in [7, 11) is 1.95. The fourth-order valence-corrected chi connectivity index (χ4v) is 4.87. The molecule has 0 aliphatic carbocycles. The predicted molar refractivity (Wildman–Crippen MR) is 132 cm³/mol. The number of hydrogen-bond acceptors (Lipinski definition) is 6. The van der Waals surface area contributed by atoms with E-state index in [1.807, 2.05) is 42.3 Å². The average Bonchev–Trinajstić information content (AvgIpc) is 2.79. The fourth-order valence-electron chi connectivity index (χ4n) is 4.87. The molecule has 1 aromatic rings. The molecule has 0 saturated carbocycles. The summed E-state index contributed by atoms with van der Waals surface area (Å²) in [4.78, 5) is 37.2. The number of fused-ring (bicyclic) bond motifs is 1. The maximum atomic E-state index is 13.6. The van der Waals surface area contributed by atoms with Gasteiger partial charge in [0.2, 0.25) is 0 Å². The Labute approximate surface area is 204 Å². The number of carbonyl (C=O) groups excluding carboxylic acids is 2. The highest BCUT2D eigenvalue weighted by Gasteiger charge is 2.50. The molecular weight excluding hydrogens is 432 g/mol. The van der Waals surface area contributed by atoms with E-state index >= 15 is 0 Å². The van der Waals surface area contributed by atoms with Crippen molar-refractivity contribution in [3.63, 3.8) is 0 Å². The summed E-state index contributed by atoms with van der Waals surface area (Å²) < 4.78 is 5.65. The zero-order valence-electron chi connectivity index (χ0n) is 21.4. The van der Waals surface area contributed by atoms with Gasteiger partial charge in [-0.1, -0.05) is 58.0 Å². The van der Waals surface area contributed by atoms with E-state index in [0.717, 1.165) is 38.0 Å². The van der Waals surface area contributed by atoms with Crippen LogP contribution in [0, 0.1) is 11.8 Å². The van der Waals surface area contributed by atoms with Crippen molar-refractivity contribution in [2.45, 2.75) is 71.9 Å². The third-order valence-corrected chi connectivity index (χ3v) is 6.36. The summed E-state index contributed by atoms with van der Waals surface area (Å²) in [5.74, 6) is 0.686. The number of nitrogens with zero attached hydrogens (tertiary/aromatic N) is 3. The molecule has 0 radical (unpaired) electrons. The highest BCUT2D eigenvalue weighted by atomic mass is 16.7. The minimum absolute atomic E-state index is 0.00802. The van der Waals surface area contributed by atoms with Crippen molar-refractivity contribution >= 4 is 12.0 Å². The SMILES string of the molecule is CNCCCN1CC2N(C(=O)OCc3ccccc3)O[C@H](CC(C)C)C(=O)N2[C@@H](CC(C)C)C1. The van der Waals surface area contributed by atoms with Crippen LogP contribution in [-0.4, -0.2) is 78.4 Å². The van der Waals surface area contributed by atoms with Gasteiger partial charge in [-0.2, -0.15) is 5.06 Å². The lowest BCUT2D eigenvalue weighted by Gasteiger charge is -2.53. The predicted octanol–water partition coefficient (Wildman–Crippen LogP) is 3.48. The Balaban J connectivity index is 1.83. The second kappa shape index (κ2) is 12.5. The van der Waals surface area contributed by atoms with Gasteiger partial charge in [-0.25, -0.2) is 4.79 Å². The van der Waals surface area contributed by atoms with Gasteiger partial charge in [0.1, 0.15) is 12.8 Å². The molecule has 8 heteroatoms. The molecule has 1 aromatic carbocycles. The van der Waals surface area contributed by atoms with E-state index in [0.29, 0.717) is 18.9 Å². The van der Waals surface area contributed by atoms with E-state index in [-0.39, 0.29) is 24.5 Å². The Morgan fingerprint density at radius 2 is 1.82 bits per heavy atom. The largest absolute Gasteiger partial charge is 0.443 e. The summed E-state index contributed by atoms with van der Waals surface area (Å²) in [6, 6.07) is 9.64. The van der Waals surface area contributed by atoms with E-state index in [4.69, 9.17) is 9.57 Å². The number of hydroxylamine groups is 2. The molecule has 2 amide bonds. The molecule has 2 heterocycles. The van der Waals surface area contributed by atoms with Crippen LogP contribution in [0.1, 0.15) is 52.5 Å². The van der Waals surface area contributed by atoms with Gasteiger partial charge >= 0.3 is 6.09 Å². The summed E-state index contributed by atoms with van der Waals surface area (Å²) in [6.45, 7) is 11.8. The molecule has 1 N–H and O–H groups in total. The van der Waals surface area contributed by atoms with Gasteiger partial charge in [-0.3, -0.25) is 14.5 Å². The molecule has 2 aliphatic rings. The van der Waals surface area contributed by atoms with Gasteiger partial charge in [-0.05, 0) is 56.8 Å². The van der Waals surface area contributed by atoms with Crippen LogP contribution in [0.2, 0.25) is 0 Å². The van der Waals surface area contributed by atoms with Crippen LogP contribution >= 0.6 is 0 Å². The summed E-state index contributed by atoms with van der Waals surface area (Å²) in [5.41, 5.74) is 0.912. The summed E-state index contributed by atoms with van der Waals surface area (Å²) >= 11 is 0. The first-order chi connectivity index (χ1) is 16.3. The molecule has 0 bridgehead atoms. The molecule has 2 fully saturated rings. The maximum absolute atomic E-state index is 13.6. The Morgan fingerprint density at radius 3 is 2.47 bits per heavy atom. The van der Waals surface area contributed by atoms with Crippen LogP contribution in [0.25, 0.3) is 0 Å². The molecule has 0 spiro atoms. The van der Waals surface area contributed by atoms with E-state index in [1.54, 1.807) is 0 Å². The molecule has 0 aromatic heterocycles. The van der Waals surface area contributed by atoms with Crippen LogP contribution in [0.4, 0.5) is 4.79 Å². The van der Waals surface area contributed by atoms with Crippen LogP contribution in [-0.2, 0) is 21.0 Å². The molecule has 3 rings (SSSR count). The van der Waals surface area contributed by atoms with Crippen LogP contribution in [0.5, 0.6) is 0 Å². The van der Waals surface area contributed by atoms with Gasteiger partial charge in [0, 0.05) is 19.1 Å². The van der Waals surface area contributed by atoms with Crippen molar-refractivity contribution in [3.8, 4) is 0 Å². The topological polar surface area (TPSA) is 74.4 Å². The molecule has 8 nitrogen and oxygen atoms in total. The van der Waals surface area contributed by atoms with Gasteiger partial charge < -0.3 is 15.0 Å². The minimum atomic E-state index is -0.675. The standard InChI is InChI=1S/C26H42N4O4/c1-19(2)14-22-16-28(13-9-12-27-5)17-24-29(22)25(31)23(15-20(3)4)34-30(24)26(32)33-18-21-10-7-6-8-11-21/h6-8,10-11,19-20,22-24,27H,9,12-18H2,1-5H3/t22-,23+,24?/m0/s1. The minimum Gasteiger partial charge on any atom is -0.443 e. The van der Waals surface area contributed by atoms with Crippen LogP contribution in [0.3, 0.4) is 0 Å². The quantitative estimate of drug-likeness (QED) is 0.524. The Kier molecular flexibility index (Phi) is 9.74. The summed E-state index contributed by atoms with van der Waals surface area (Å²) in [5, 5.41) is 4.54. The lowest BCUT2D eigenvalue weighted by Crippen LogP contribution is -2.72. The molecular formula is C26H42N4O4. The van der Waals surface area contributed by atoms with Gasteiger partial charge in [0.15, 0.2) is 6.10 Å². The molecule has 190 valence electrons. The second-order valence-corrected chi connectivity index (χ2v) is 10.3. The lowest BCUT2D eigenvalue weighted by molar-refractivity contribution is -0.272. The van der Waals surface area contributed by atoms with Gasteiger partial charge in [-0.15, -0.1) is 0 Å². The Morgan fingerprint density at radius 1 is 1.12 bits per heavy atom. The first kappa shape index (κ1) is 26.4. The number of hydrogen-bond donors (Lipinski definition) is 1. The van der Waals surface area contributed by atoms with E-state index in [1.165, 1.54) is 5.06 Å². The smallest absolute Gasteiger partial charge is 0.436 e. The highest BCUT2D eigenvalue weighted by molar-refractivity contribution is 5.83. The van der Waals surface area contributed by atoms with E-state index in [2.05, 4.69) is 37.9 Å². The zero-order chi connectivity index (χ0) is 24.7. The molecule has 3 atom stereocenters. The Hall–Kier alpha value is -2.16. The van der Waals surface area contributed by atoms with Crippen molar-refractivity contribution in [1.29, 1.82) is 0 Å². The third kappa shape index (κ3) is 6.93. The number of rotatable bonds is 10. The van der Waals surface area contributed by atoms with Crippen molar-refractivity contribution < 1.29 is 19.2 Å². The van der Waals surface area contributed by atoms with Crippen molar-refractivity contribution in [1.82, 2.24) is 20.2 Å². The van der Waals surface area contributed by atoms with Crippen LogP contribution < -0.4 is 5.32 Å². The number of amides is 2. The number of ether oxygens (including phenoxy) is 1. The fraction of sp³-hybridized carbons (Fsp3) is 0.692. The molecule has 2 saturated heterocycles. The van der Waals surface area contributed by atoms with E-state index < -0.39 is 18.4 Å². The van der Waals surface area contributed by atoms with Crippen molar-refractivity contribution in [2.75, 3.05) is 33.2 Å². The van der Waals surface area contributed by atoms with Gasteiger partial charge in [0.25, 0.3) is 5.91 Å². The number of carbonyl (C=O) groups is 2. The van der Waals surface area contributed by atoms with E-state index in [9.17, 15) is 9.59 Å². The maximum Gasteiger partial charge on any atom is 0.436 e. The first-order valence-corrected chi connectivity index (χ1v) is 12.7. The zero-order valence-corrected chi connectivity index (χ0v) is 21.4. The third-order valence-electron chi connectivity index (χ3n) is 6.36. The van der Waals surface area contributed by atoms with Crippen LogP contribution in [0.15, 0.2) is 30.3 Å². The summed E-state index contributed by atoms with van der Waals surface area (Å²) in [6.07, 6.45) is 0.732. The Bertz CT molecular complexity index is 788. The van der Waals surface area contributed by atoms with Crippen molar-refractivity contribution in [2.24, 2.45) is 11.8 Å². The monoisotopic (exact) mass is 474 g/mol. The highest BCUT2D eigenvalue weighted by Crippen LogP contribution is 2.31. The van der Waals surface area contributed by atoms with Crippen molar-refractivity contribution in [3.05, 3.63) is 35.9 Å². The normalized spacial score (nSPS) is 23.5. The molecule has 34 heavy (non-hydrogen) atoms. The second-order valence-electron chi connectivity index (χ2n) is 10.3. The average molecular weight is 475 g/mol. The number of piperazine rings is 1. The number of benzene rings is 1. The molecule has 1 unspecified atom stereocenters. The molecule has 2 aliphatic heterocycles. The number of nitrogens with one attached hydrogen (secondary N) is 1. The first-order valence-electron chi connectivity index (χ1n) is 12.7. The lowest BCUT2D eigenvalue weighted by atomic mass is 9.96. The van der Waals surface area contributed by atoms with Gasteiger partial charge in [0.05, 0.1) is 0 Å².